The van der Waals surface area contributed by atoms with Gasteiger partial charge in [0.2, 0.25) is 11.8 Å². The quantitative estimate of drug-likeness (QED) is 0.893. The zero-order valence-corrected chi connectivity index (χ0v) is 14.2. The molecule has 2 aromatic rings. The maximum Gasteiger partial charge on any atom is 0.243 e. The summed E-state index contributed by atoms with van der Waals surface area (Å²) in [7, 11) is 0. The lowest BCUT2D eigenvalue weighted by molar-refractivity contribution is -0.126. The van der Waals surface area contributed by atoms with Crippen molar-refractivity contribution >= 4 is 23.2 Å². The Kier molecular flexibility index (Phi) is 4.62. The number of aromatic nitrogens is 1. The third kappa shape index (κ3) is 3.46. The van der Waals surface area contributed by atoms with Gasteiger partial charge in [0.05, 0.1) is 16.6 Å². The number of benzene rings is 1. The molecule has 1 fully saturated rings. The molecule has 0 aliphatic carbocycles. The minimum Gasteiger partial charge on any atom is -0.347 e. The van der Waals surface area contributed by atoms with E-state index in [4.69, 9.17) is 0 Å². The van der Waals surface area contributed by atoms with Crippen LogP contribution in [-0.4, -0.2) is 22.8 Å². The molecular weight excluding hydrogens is 329 g/mol. The zero-order valence-electron chi connectivity index (χ0n) is 13.4. The van der Waals surface area contributed by atoms with Crippen LogP contribution in [-0.2, 0) is 9.59 Å². The van der Waals surface area contributed by atoms with Crippen molar-refractivity contribution in [2.24, 2.45) is 0 Å². The monoisotopic (exact) mass is 347 g/mol. The average Bonchev–Trinajstić information content (AvgIpc) is 3.14. The van der Waals surface area contributed by atoms with E-state index in [9.17, 15) is 14.0 Å². The van der Waals surface area contributed by atoms with Gasteiger partial charge in [-0.1, -0.05) is 0 Å². The smallest absolute Gasteiger partial charge is 0.243 e. The van der Waals surface area contributed by atoms with E-state index in [0.29, 0.717) is 12.8 Å². The summed E-state index contributed by atoms with van der Waals surface area (Å²) in [5, 5.41) is 6.38. The Bertz CT molecular complexity index is 773. The van der Waals surface area contributed by atoms with Crippen molar-refractivity contribution < 1.29 is 14.0 Å². The molecule has 1 saturated heterocycles. The van der Waals surface area contributed by atoms with Crippen molar-refractivity contribution in [3.05, 3.63) is 40.7 Å². The minimum absolute atomic E-state index is 0.0876. The fourth-order valence-corrected chi connectivity index (χ4v) is 3.79. The molecule has 0 radical (unpaired) electrons. The lowest BCUT2D eigenvalue weighted by Crippen LogP contribution is -2.42. The first-order chi connectivity index (χ1) is 11.4. The van der Waals surface area contributed by atoms with Crippen LogP contribution < -0.4 is 10.6 Å². The normalized spacial score (nSPS) is 18.3. The van der Waals surface area contributed by atoms with Crippen LogP contribution in [0.4, 0.5) is 4.39 Å². The first-order valence-corrected chi connectivity index (χ1v) is 8.58. The van der Waals surface area contributed by atoms with Crippen LogP contribution in [0.1, 0.15) is 36.4 Å². The lowest BCUT2D eigenvalue weighted by atomic mass is 10.2. The highest BCUT2D eigenvalue weighted by Crippen LogP contribution is 2.32. The first kappa shape index (κ1) is 16.6. The first-order valence-electron chi connectivity index (χ1n) is 7.77. The third-order valence-electron chi connectivity index (χ3n) is 3.99. The van der Waals surface area contributed by atoms with E-state index in [1.807, 2.05) is 13.8 Å². The van der Waals surface area contributed by atoms with E-state index in [0.717, 1.165) is 21.1 Å². The molecule has 1 aromatic heterocycles. The Labute approximate surface area is 143 Å². The number of nitrogens with one attached hydrogen (secondary N) is 2. The second-order valence-corrected chi connectivity index (χ2v) is 6.90. The number of halogens is 1. The van der Waals surface area contributed by atoms with E-state index in [1.165, 1.54) is 23.5 Å². The maximum absolute atomic E-state index is 13.0. The summed E-state index contributed by atoms with van der Waals surface area (Å²) in [5.74, 6) is -0.550. The molecular formula is C17H18FN3O2S. The molecule has 2 N–H and O–H groups in total. The fraction of sp³-hybridized carbons (Fsp3) is 0.353. The molecule has 7 heteroatoms. The Morgan fingerprint density at radius 2 is 2.12 bits per heavy atom. The van der Waals surface area contributed by atoms with Crippen LogP contribution in [0.5, 0.6) is 0 Å². The molecule has 2 atom stereocenters. The van der Waals surface area contributed by atoms with Crippen LogP contribution in [0.15, 0.2) is 24.3 Å². The van der Waals surface area contributed by atoms with Crippen molar-refractivity contribution in [2.75, 3.05) is 0 Å². The second kappa shape index (κ2) is 6.68. The minimum atomic E-state index is -0.454. The summed E-state index contributed by atoms with van der Waals surface area (Å²) in [5.41, 5.74) is 1.68. The van der Waals surface area contributed by atoms with Crippen LogP contribution in [0.2, 0.25) is 0 Å². The molecule has 5 nitrogen and oxygen atoms in total. The summed E-state index contributed by atoms with van der Waals surface area (Å²) >= 11 is 1.48. The van der Waals surface area contributed by atoms with E-state index >= 15 is 0 Å². The largest absolute Gasteiger partial charge is 0.347 e. The van der Waals surface area contributed by atoms with Crippen LogP contribution in [0, 0.1) is 12.7 Å². The topological polar surface area (TPSA) is 71.1 Å². The molecule has 2 heterocycles. The molecule has 0 unspecified atom stereocenters. The molecule has 0 bridgehead atoms. The van der Waals surface area contributed by atoms with Crippen LogP contribution in [0.3, 0.4) is 0 Å². The number of hydrogen-bond acceptors (Lipinski definition) is 4. The summed E-state index contributed by atoms with van der Waals surface area (Å²) in [6.07, 6.45) is 0.917. The summed E-state index contributed by atoms with van der Waals surface area (Å²) in [6, 6.07) is 5.52. The molecule has 0 spiro atoms. The standard InChI is InChI=1S/C17H18FN3O2S/c1-9(19-16(23)13-7-8-14(22)21-13)15-10(2)20-17(24-15)11-3-5-12(18)6-4-11/h3-6,9,13H,7-8H2,1-2H3,(H,19,23)(H,21,22)/t9-,13-/m1/s1. The van der Waals surface area contributed by atoms with Crippen molar-refractivity contribution in [2.45, 2.75) is 38.8 Å². The molecule has 1 aromatic carbocycles. The van der Waals surface area contributed by atoms with E-state index < -0.39 is 6.04 Å². The maximum atomic E-state index is 13.0. The number of carbonyl (C=O) groups is 2. The predicted octanol–water partition coefficient (Wildman–Crippen LogP) is 2.71. The van der Waals surface area contributed by atoms with E-state index in [-0.39, 0.29) is 23.7 Å². The molecule has 126 valence electrons. The molecule has 1 aliphatic heterocycles. The van der Waals surface area contributed by atoms with Gasteiger partial charge in [0.25, 0.3) is 0 Å². The number of rotatable bonds is 4. The number of aryl methyl sites for hydroxylation is 1. The predicted molar refractivity (Wildman–Crippen MR) is 90.0 cm³/mol. The Morgan fingerprint density at radius 3 is 2.75 bits per heavy atom. The van der Waals surface area contributed by atoms with Gasteiger partial charge in [-0.05, 0) is 44.5 Å². The average molecular weight is 347 g/mol. The Balaban J connectivity index is 1.73. The molecule has 3 rings (SSSR count). The summed E-state index contributed by atoms with van der Waals surface area (Å²) < 4.78 is 13.0. The summed E-state index contributed by atoms with van der Waals surface area (Å²) in [4.78, 5) is 28.9. The lowest BCUT2D eigenvalue weighted by Gasteiger charge is -2.16. The van der Waals surface area contributed by atoms with Crippen molar-refractivity contribution in [3.63, 3.8) is 0 Å². The molecule has 1 aliphatic rings. The van der Waals surface area contributed by atoms with Crippen molar-refractivity contribution in [1.29, 1.82) is 0 Å². The Hall–Kier alpha value is -2.28. The Morgan fingerprint density at radius 1 is 1.42 bits per heavy atom. The zero-order chi connectivity index (χ0) is 17.3. The van der Waals surface area contributed by atoms with Crippen molar-refractivity contribution in [3.8, 4) is 10.6 Å². The fourth-order valence-electron chi connectivity index (χ4n) is 2.72. The van der Waals surface area contributed by atoms with Gasteiger partial charge in [-0.2, -0.15) is 0 Å². The number of hydrogen-bond donors (Lipinski definition) is 2. The SMILES string of the molecule is Cc1nc(-c2ccc(F)cc2)sc1[C@@H](C)NC(=O)[C@H]1CCC(=O)N1. The van der Waals surface area contributed by atoms with Gasteiger partial charge in [0, 0.05) is 12.0 Å². The number of carbonyl (C=O) groups excluding carboxylic acids is 2. The number of nitrogens with zero attached hydrogens (tertiary/aromatic N) is 1. The van der Waals surface area contributed by atoms with Gasteiger partial charge >= 0.3 is 0 Å². The highest BCUT2D eigenvalue weighted by molar-refractivity contribution is 7.15. The second-order valence-electron chi connectivity index (χ2n) is 5.86. The summed E-state index contributed by atoms with van der Waals surface area (Å²) in [6.45, 7) is 3.78. The van der Waals surface area contributed by atoms with Gasteiger partial charge in [0.1, 0.15) is 16.9 Å². The van der Waals surface area contributed by atoms with Gasteiger partial charge in [-0.25, -0.2) is 9.37 Å². The molecule has 0 saturated carbocycles. The van der Waals surface area contributed by atoms with E-state index in [2.05, 4.69) is 15.6 Å². The molecule has 24 heavy (non-hydrogen) atoms. The van der Waals surface area contributed by atoms with Gasteiger partial charge in [0.15, 0.2) is 0 Å². The number of thiazole rings is 1. The van der Waals surface area contributed by atoms with Gasteiger partial charge < -0.3 is 10.6 Å². The van der Waals surface area contributed by atoms with E-state index in [1.54, 1.807) is 12.1 Å². The van der Waals surface area contributed by atoms with Crippen LogP contribution >= 0.6 is 11.3 Å². The van der Waals surface area contributed by atoms with Gasteiger partial charge in [-0.15, -0.1) is 11.3 Å². The number of amides is 2. The third-order valence-corrected chi connectivity index (χ3v) is 5.38. The van der Waals surface area contributed by atoms with Gasteiger partial charge in [-0.3, -0.25) is 9.59 Å². The van der Waals surface area contributed by atoms with Crippen molar-refractivity contribution in [1.82, 2.24) is 15.6 Å². The highest BCUT2D eigenvalue weighted by Gasteiger charge is 2.28. The molecule has 2 amide bonds. The highest BCUT2D eigenvalue weighted by atomic mass is 32.1. The van der Waals surface area contributed by atoms with Crippen LogP contribution in [0.25, 0.3) is 10.6 Å².